The minimum Gasteiger partial charge on any atom is -0.460 e. The number of hydrogen-bond acceptors (Lipinski definition) is 5. The summed E-state index contributed by atoms with van der Waals surface area (Å²) in [5, 5.41) is 8.76. The Hall–Kier alpha value is -3.45. The van der Waals surface area contributed by atoms with Crippen molar-refractivity contribution in [1.29, 1.82) is 0 Å². The van der Waals surface area contributed by atoms with Crippen molar-refractivity contribution in [3.05, 3.63) is 88.1 Å². The molecule has 0 unspecified atom stereocenters. The number of nitrogens with one attached hydrogen (secondary N) is 2. The predicted octanol–water partition coefficient (Wildman–Crippen LogP) is 3.47. The van der Waals surface area contributed by atoms with E-state index >= 15 is 0 Å². The Morgan fingerprint density at radius 2 is 1.64 bits per heavy atom. The number of thiophene rings is 1. The highest BCUT2D eigenvalue weighted by molar-refractivity contribution is 7.08. The van der Waals surface area contributed by atoms with Crippen LogP contribution in [0, 0.1) is 0 Å². The standard InChI is InChI=1S/C21H18N2O4S/c24-19(27-13-15-6-2-1-3-7-15)12-22-21(26)17-8-4-5-9-18(17)23-20(25)16-10-11-28-14-16/h1-11,14H,12-13H2,(H,22,26)(H,23,25). The van der Waals surface area contributed by atoms with E-state index in [9.17, 15) is 14.4 Å². The van der Waals surface area contributed by atoms with Gasteiger partial charge in [0.1, 0.15) is 13.2 Å². The third-order valence-corrected chi connectivity index (χ3v) is 4.52. The molecule has 1 heterocycles. The average Bonchev–Trinajstić information content (AvgIpc) is 3.27. The Labute approximate surface area is 166 Å². The van der Waals surface area contributed by atoms with Gasteiger partial charge in [0.2, 0.25) is 0 Å². The molecular weight excluding hydrogens is 376 g/mol. The van der Waals surface area contributed by atoms with Crippen LogP contribution in [0.2, 0.25) is 0 Å². The topological polar surface area (TPSA) is 84.5 Å². The van der Waals surface area contributed by atoms with Crippen molar-refractivity contribution in [2.24, 2.45) is 0 Å². The van der Waals surface area contributed by atoms with Gasteiger partial charge in [0, 0.05) is 5.38 Å². The number of amides is 2. The molecule has 0 aliphatic rings. The summed E-state index contributed by atoms with van der Waals surface area (Å²) in [5.74, 6) is -1.32. The van der Waals surface area contributed by atoms with Gasteiger partial charge in [0.15, 0.2) is 0 Å². The van der Waals surface area contributed by atoms with Crippen LogP contribution in [0.5, 0.6) is 0 Å². The van der Waals surface area contributed by atoms with Gasteiger partial charge in [-0.15, -0.1) is 0 Å². The van der Waals surface area contributed by atoms with Crippen LogP contribution in [-0.2, 0) is 16.1 Å². The number of rotatable bonds is 7. The number of anilines is 1. The number of ether oxygens (including phenoxy) is 1. The maximum atomic E-state index is 12.4. The summed E-state index contributed by atoms with van der Waals surface area (Å²) in [6.07, 6.45) is 0. The monoisotopic (exact) mass is 394 g/mol. The van der Waals surface area contributed by atoms with Crippen LogP contribution < -0.4 is 10.6 Å². The molecule has 0 spiro atoms. The zero-order chi connectivity index (χ0) is 19.8. The van der Waals surface area contributed by atoms with Gasteiger partial charge in [-0.3, -0.25) is 14.4 Å². The quantitative estimate of drug-likeness (QED) is 0.601. The second-order valence-electron chi connectivity index (χ2n) is 5.84. The van der Waals surface area contributed by atoms with E-state index in [4.69, 9.17) is 4.74 Å². The predicted molar refractivity (Wildman–Crippen MR) is 107 cm³/mol. The number of esters is 1. The molecule has 2 N–H and O–H groups in total. The van der Waals surface area contributed by atoms with E-state index in [1.165, 1.54) is 11.3 Å². The number of hydrogen-bond donors (Lipinski definition) is 2. The van der Waals surface area contributed by atoms with Crippen molar-refractivity contribution >= 4 is 34.8 Å². The van der Waals surface area contributed by atoms with Crippen molar-refractivity contribution in [3.63, 3.8) is 0 Å². The fourth-order valence-electron chi connectivity index (χ4n) is 2.42. The lowest BCUT2D eigenvalue weighted by Crippen LogP contribution is -2.31. The van der Waals surface area contributed by atoms with E-state index in [0.717, 1.165) is 5.56 Å². The van der Waals surface area contributed by atoms with Gasteiger partial charge >= 0.3 is 5.97 Å². The minimum atomic E-state index is -0.544. The van der Waals surface area contributed by atoms with Gasteiger partial charge in [0.05, 0.1) is 16.8 Å². The molecule has 0 fully saturated rings. The number of carbonyl (C=O) groups is 3. The number of benzene rings is 2. The normalized spacial score (nSPS) is 10.1. The Morgan fingerprint density at radius 3 is 2.39 bits per heavy atom. The van der Waals surface area contributed by atoms with Crippen LogP contribution in [0.3, 0.4) is 0 Å². The van der Waals surface area contributed by atoms with E-state index in [1.54, 1.807) is 41.1 Å². The molecule has 28 heavy (non-hydrogen) atoms. The van der Waals surface area contributed by atoms with Crippen LogP contribution in [0.1, 0.15) is 26.3 Å². The fourth-order valence-corrected chi connectivity index (χ4v) is 3.05. The van der Waals surface area contributed by atoms with Crippen molar-refractivity contribution in [1.82, 2.24) is 5.32 Å². The highest BCUT2D eigenvalue weighted by Crippen LogP contribution is 2.17. The Balaban J connectivity index is 1.55. The van der Waals surface area contributed by atoms with E-state index < -0.39 is 11.9 Å². The Morgan fingerprint density at radius 1 is 0.893 bits per heavy atom. The summed E-state index contributed by atoms with van der Waals surface area (Å²) in [5.41, 5.74) is 2.02. The largest absolute Gasteiger partial charge is 0.460 e. The summed E-state index contributed by atoms with van der Waals surface area (Å²) in [7, 11) is 0. The van der Waals surface area contributed by atoms with Crippen LogP contribution in [-0.4, -0.2) is 24.3 Å². The van der Waals surface area contributed by atoms with Gasteiger partial charge in [0.25, 0.3) is 11.8 Å². The van der Waals surface area contributed by atoms with E-state index in [1.807, 2.05) is 30.3 Å². The summed E-state index contributed by atoms with van der Waals surface area (Å²) in [6, 6.07) is 17.6. The van der Waals surface area contributed by atoms with Crippen LogP contribution in [0.4, 0.5) is 5.69 Å². The lowest BCUT2D eigenvalue weighted by molar-refractivity contribution is -0.143. The molecule has 0 bridgehead atoms. The molecule has 0 atom stereocenters. The van der Waals surface area contributed by atoms with Gasteiger partial charge < -0.3 is 15.4 Å². The van der Waals surface area contributed by atoms with Crippen molar-refractivity contribution in [2.45, 2.75) is 6.61 Å². The Kier molecular flexibility index (Phi) is 6.54. The first-order valence-corrected chi connectivity index (χ1v) is 9.48. The van der Waals surface area contributed by atoms with Crippen LogP contribution in [0.15, 0.2) is 71.4 Å². The summed E-state index contributed by atoms with van der Waals surface area (Å²) in [6.45, 7) is -0.124. The fraction of sp³-hybridized carbons (Fsp3) is 0.0952. The maximum absolute atomic E-state index is 12.4. The van der Waals surface area contributed by atoms with Gasteiger partial charge in [-0.05, 0) is 29.1 Å². The van der Waals surface area contributed by atoms with E-state index in [2.05, 4.69) is 10.6 Å². The van der Waals surface area contributed by atoms with Crippen molar-refractivity contribution in [2.75, 3.05) is 11.9 Å². The zero-order valence-electron chi connectivity index (χ0n) is 14.9. The van der Waals surface area contributed by atoms with Gasteiger partial charge in [-0.25, -0.2) is 0 Å². The maximum Gasteiger partial charge on any atom is 0.325 e. The third kappa shape index (κ3) is 5.28. The highest BCUT2D eigenvalue weighted by Gasteiger charge is 2.15. The molecule has 0 saturated carbocycles. The smallest absolute Gasteiger partial charge is 0.325 e. The minimum absolute atomic E-state index is 0.142. The molecular formula is C21H18N2O4S. The lowest BCUT2D eigenvalue weighted by atomic mass is 10.1. The van der Waals surface area contributed by atoms with E-state index in [-0.39, 0.29) is 24.6 Å². The van der Waals surface area contributed by atoms with Crippen molar-refractivity contribution in [3.8, 4) is 0 Å². The van der Waals surface area contributed by atoms with Crippen molar-refractivity contribution < 1.29 is 19.1 Å². The summed E-state index contributed by atoms with van der Waals surface area (Å²) >= 11 is 1.41. The Bertz CT molecular complexity index is 956. The second-order valence-corrected chi connectivity index (χ2v) is 6.62. The first-order valence-electron chi connectivity index (χ1n) is 8.54. The number of para-hydroxylation sites is 1. The first-order chi connectivity index (χ1) is 13.6. The first kappa shape index (κ1) is 19.3. The molecule has 0 radical (unpaired) electrons. The highest BCUT2D eigenvalue weighted by atomic mass is 32.1. The molecule has 0 aliphatic heterocycles. The third-order valence-electron chi connectivity index (χ3n) is 3.84. The molecule has 2 amide bonds. The molecule has 1 aromatic heterocycles. The second kappa shape index (κ2) is 9.48. The van der Waals surface area contributed by atoms with Crippen LogP contribution >= 0.6 is 11.3 Å². The molecule has 0 saturated heterocycles. The molecule has 3 rings (SSSR count). The molecule has 142 valence electrons. The van der Waals surface area contributed by atoms with Crippen LogP contribution in [0.25, 0.3) is 0 Å². The summed E-state index contributed by atoms with van der Waals surface area (Å²) < 4.78 is 5.14. The number of carbonyl (C=O) groups excluding carboxylic acids is 3. The lowest BCUT2D eigenvalue weighted by Gasteiger charge is -2.11. The van der Waals surface area contributed by atoms with Gasteiger partial charge in [-0.1, -0.05) is 42.5 Å². The molecule has 0 aliphatic carbocycles. The van der Waals surface area contributed by atoms with E-state index in [0.29, 0.717) is 11.3 Å². The molecule has 3 aromatic rings. The SMILES string of the molecule is O=C(CNC(=O)c1ccccc1NC(=O)c1ccsc1)OCc1ccccc1. The molecule has 7 heteroatoms. The summed E-state index contributed by atoms with van der Waals surface area (Å²) in [4.78, 5) is 36.5. The average molecular weight is 394 g/mol. The van der Waals surface area contributed by atoms with Gasteiger partial charge in [-0.2, -0.15) is 11.3 Å². The molecule has 2 aromatic carbocycles. The molecule has 6 nitrogen and oxygen atoms in total. The zero-order valence-corrected chi connectivity index (χ0v) is 15.7.